The molecule has 0 aromatic heterocycles. The van der Waals surface area contributed by atoms with Crippen LogP contribution in [0.15, 0.2) is 78.9 Å². The molecule has 0 aliphatic rings. The highest BCUT2D eigenvalue weighted by atomic mass is 16.5. The summed E-state index contributed by atoms with van der Waals surface area (Å²) in [5, 5.41) is 10.5. The minimum atomic E-state index is -0.584. The summed E-state index contributed by atoms with van der Waals surface area (Å²) in [5.74, 6) is 1.58. The summed E-state index contributed by atoms with van der Waals surface area (Å²) >= 11 is 0. The molecule has 0 fully saturated rings. The second-order valence-electron chi connectivity index (χ2n) is 5.88. The van der Waals surface area contributed by atoms with E-state index in [0.29, 0.717) is 13.0 Å². The lowest BCUT2D eigenvalue weighted by molar-refractivity contribution is 0.177. The average molecular weight is 334 g/mol. The van der Waals surface area contributed by atoms with Crippen LogP contribution < -0.4 is 9.47 Å². The zero-order valence-electron chi connectivity index (χ0n) is 14.3. The van der Waals surface area contributed by atoms with Crippen molar-refractivity contribution in [1.29, 1.82) is 0 Å². The van der Waals surface area contributed by atoms with Gasteiger partial charge < -0.3 is 14.6 Å². The van der Waals surface area contributed by atoms with Gasteiger partial charge in [0.05, 0.1) is 13.2 Å². The molecule has 3 nitrogen and oxygen atoms in total. The van der Waals surface area contributed by atoms with Gasteiger partial charge in [-0.15, -0.1) is 0 Å². The van der Waals surface area contributed by atoms with Crippen LogP contribution in [0, 0.1) is 0 Å². The van der Waals surface area contributed by atoms with Gasteiger partial charge in [0.1, 0.15) is 18.1 Å². The number of aliphatic hydroxyl groups is 1. The first-order valence-electron chi connectivity index (χ1n) is 8.33. The highest BCUT2D eigenvalue weighted by Gasteiger charge is 2.12. The van der Waals surface area contributed by atoms with Gasteiger partial charge in [-0.05, 0) is 34.9 Å². The highest BCUT2D eigenvalue weighted by molar-refractivity contribution is 5.36. The van der Waals surface area contributed by atoms with E-state index in [1.54, 1.807) is 7.11 Å². The van der Waals surface area contributed by atoms with Gasteiger partial charge in [0.25, 0.3) is 0 Å². The van der Waals surface area contributed by atoms with E-state index in [1.165, 1.54) is 0 Å². The van der Waals surface area contributed by atoms with Gasteiger partial charge in [-0.1, -0.05) is 60.7 Å². The lowest BCUT2D eigenvalue weighted by Crippen LogP contribution is -2.03. The number of rotatable bonds is 7. The van der Waals surface area contributed by atoms with Crippen LogP contribution >= 0.6 is 0 Å². The Morgan fingerprint density at radius 3 is 2.24 bits per heavy atom. The Kier molecular flexibility index (Phi) is 5.70. The number of hydrogen-bond acceptors (Lipinski definition) is 3. The SMILES string of the molecule is COc1ccccc1CC(O)c1ccc(OCc2ccccc2)cc1. The Hall–Kier alpha value is -2.78. The number of para-hydroxylation sites is 1. The van der Waals surface area contributed by atoms with Gasteiger partial charge in [0.2, 0.25) is 0 Å². The summed E-state index contributed by atoms with van der Waals surface area (Å²) < 4.78 is 11.1. The summed E-state index contributed by atoms with van der Waals surface area (Å²) in [4.78, 5) is 0. The van der Waals surface area contributed by atoms with Crippen LogP contribution in [0.3, 0.4) is 0 Å². The van der Waals surface area contributed by atoms with E-state index in [9.17, 15) is 5.11 Å². The van der Waals surface area contributed by atoms with Gasteiger partial charge in [0, 0.05) is 6.42 Å². The Labute approximate surface area is 148 Å². The molecule has 0 saturated carbocycles. The zero-order valence-corrected chi connectivity index (χ0v) is 14.3. The van der Waals surface area contributed by atoms with Crippen LogP contribution in [0.1, 0.15) is 22.8 Å². The molecule has 0 aliphatic carbocycles. The standard InChI is InChI=1S/C22H22O3/c1-24-22-10-6-5-9-19(22)15-21(23)18-11-13-20(14-12-18)25-16-17-7-3-2-4-8-17/h2-14,21,23H,15-16H2,1H3. The molecule has 3 rings (SSSR count). The first-order chi connectivity index (χ1) is 12.3. The molecule has 0 aliphatic heterocycles. The fourth-order valence-electron chi connectivity index (χ4n) is 2.72. The molecule has 0 radical (unpaired) electrons. The van der Waals surface area contributed by atoms with Crippen molar-refractivity contribution < 1.29 is 14.6 Å². The van der Waals surface area contributed by atoms with Gasteiger partial charge >= 0.3 is 0 Å². The van der Waals surface area contributed by atoms with Crippen molar-refractivity contribution in [2.75, 3.05) is 7.11 Å². The molecule has 0 saturated heterocycles. The number of benzene rings is 3. The number of ether oxygens (including phenoxy) is 2. The smallest absolute Gasteiger partial charge is 0.122 e. The molecular weight excluding hydrogens is 312 g/mol. The van der Waals surface area contributed by atoms with E-state index in [1.807, 2.05) is 78.9 Å². The third-order valence-corrected chi connectivity index (χ3v) is 4.12. The maximum atomic E-state index is 10.5. The monoisotopic (exact) mass is 334 g/mol. The molecule has 0 bridgehead atoms. The summed E-state index contributed by atoms with van der Waals surface area (Å²) in [5.41, 5.74) is 2.97. The fraction of sp³-hybridized carbons (Fsp3) is 0.182. The van der Waals surface area contributed by atoms with Crippen molar-refractivity contribution in [3.05, 3.63) is 95.6 Å². The molecule has 3 aromatic rings. The summed E-state index contributed by atoms with van der Waals surface area (Å²) in [6.07, 6.45) is -0.0757. The third-order valence-electron chi connectivity index (χ3n) is 4.12. The first-order valence-corrected chi connectivity index (χ1v) is 8.33. The van der Waals surface area contributed by atoms with E-state index in [4.69, 9.17) is 9.47 Å². The molecule has 3 aromatic carbocycles. The second kappa shape index (κ2) is 8.36. The number of methoxy groups -OCH3 is 1. The topological polar surface area (TPSA) is 38.7 Å². The van der Waals surface area contributed by atoms with Crippen molar-refractivity contribution in [3.63, 3.8) is 0 Å². The van der Waals surface area contributed by atoms with Crippen molar-refractivity contribution in [1.82, 2.24) is 0 Å². The Morgan fingerprint density at radius 2 is 1.52 bits per heavy atom. The normalized spacial score (nSPS) is 11.8. The Balaban J connectivity index is 1.61. The third kappa shape index (κ3) is 4.61. The van der Waals surface area contributed by atoms with Crippen LogP contribution in [0.2, 0.25) is 0 Å². The van der Waals surface area contributed by atoms with Gasteiger partial charge in [-0.2, -0.15) is 0 Å². The van der Waals surface area contributed by atoms with Crippen molar-refractivity contribution in [3.8, 4) is 11.5 Å². The van der Waals surface area contributed by atoms with Gasteiger partial charge in [-0.3, -0.25) is 0 Å². The van der Waals surface area contributed by atoms with E-state index in [2.05, 4.69) is 0 Å². The van der Waals surface area contributed by atoms with E-state index in [0.717, 1.165) is 28.2 Å². The molecule has 128 valence electrons. The Bertz CT molecular complexity index is 782. The summed E-state index contributed by atoms with van der Waals surface area (Å²) in [6, 6.07) is 25.4. The maximum Gasteiger partial charge on any atom is 0.122 e. The largest absolute Gasteiger partial charge is 0.496 e. The molecule has 1 unspecified atom stereocenters. The zero-order chi connectivity index (χ0) is 17.5. The summed E-state index contributed by atoms with van der Waals surface area (Å²) in [6.45, 7) is 0.532. The van der Waals surface area contributed by atoms with Crippen LogP contribution in [0.5, 0.6) is 11.5 Å². The lowest BCUT2D eigenvalue weighted by atomic mass is 10.0. The Morgan fingerprint density at radius 1 is 0.840 bits per heavy atom. The molecular formula is C22H22O3. The lowest BCUT2D eigenvalue weighted by Gasteiger charge is -2.14. The number of aliphatic hydroxyl groups excluding tert-OH is 1. The van der Waals surface area contributed by atoms with E-state index >= 15 is 0 Å². The predicted octanol–water partition coefficient (Wildman–Crippen LogP) is 4.55. The van der Waals surface area contributed by atoms with Crippen molar-refractivity contribution >= 4 is 0 Å². The molecule has 1 N–H and O–H groups in total. The van der Waals surface area contributed by atoms with E-state index in [-0.39, 0.29) is 0 Å². The number of hydrogen-bond donors (Lipinski definition) is 1. The molecule has 1 atom stereocenters. The second-order valence-corrected chi connectivity index (χ2v) is 5.88. The van der Waals surface area contributed by atoms with Crippen LogP contribution in [0.4, 0.5) is 0 Å². The maximum absolute atomic E-state index is 10.5. The first kappa shape index (κ1) is 17.1. The molecule has 0 spiro atoms. The minimum absolute atomic E-state index is 0.508. The fourth-order valence-corrected chi connectivity index (χ4v) is 2.72. The van der Waals surface area contributed by atoms with Crippen LogP contribution in [-0.4, -0.2) is 12.2 Å². The van der Waals surface area contributed by atoms with Crippen molar-refractivity contribution in [2.45, 2.75) is 19.1 Å². The highest BCUT2D eigenvalue weighted by Crippen LogP contribution is 2.26. The van der Waals surface area contributed by atoms with Crippen LogP contribution in [-0.2, 0) is 13.0 Å². The molecule has 0 amide bonds. The molecule has 0 heterocycles. The minimum Gasteiger partial charge on any atom is -0.496 e. The van der Waals surface area contributed by atoms with Crippen LogP contribution in [0.25, 0.3) is 0 Å². The van der Waals surface area contributed by atoms with Crippen molar-refractivity contribution in [2.24, 2.45) is 0 Å². The average Bonchev–Trinajstić information content (AvgIpc) is 2.68. The predicted molar refractivity (Wildman–Crippen MR) is 98.9 cm³/mol. The molecule has 25 heavy (non-hydrogen) atoms. The summed E-state index contributed by atoms with van der Waals surface area (Å²) in [7, 11) is 1.64. The molecule has 3 heteroatoms. The van der Waals surface area contributed by atoms with Gasteiger partial charge in [0.15, 0.2) is 0 Å². The van der Waals surface area contributed by atoms with Gasteiger partial charge in [-0.25, -0.2) is 0 Å². The quantitative estimate of drug-likeness (QED) is 0.689. The van der Waals surface area contributed by atoms with E-state index < -0.39 is 6.10 Å².